The molecule has 19 heavy (non-hydrogen) atoms. The Bertz CT molecular complexity index is 600. The minimum Gasteiger partial charge on any atom is -0.478 e. The largest absolute Gasteiger partial charge is 0.478 e. The predicted octanol–water partition coefficient (Wildman–Crippen LogP) is 3.52. The van der Waals surface area contributed by atoms with Crippen LogP contribution in [0.15, 0.2) is 17.1 Å². The monoisotopic (exact) mass is 258 g/mol. The standard InChI is InChI=1S/C15H18N2O2/c1-8(9(2)16)10-5-6-11-13(12(10)14(18)19)15(3,4)7-17-11/h5-8,16H,1-4H3,(H,18,19). The first-order valence-corrected chi connectivity index (χ1v) is 6.26. The van der Waals surface area contributed by atoms with E-state index in [1.54, 1.807) is 19.2 Å². The third-order valence-corrected chi connectivity index (χ3v) is 3.72. The van der Waals surface area contributed by atoms with Gasteiger partial charge in [0.05, 0.1) is 11.3 Å². The smallest absolute Gasteiger partial charge is 0.336 e. The summed E-state index contributed by atoms with van der Waals surface area (Å²) in [5.74, 6) is -1.15. The molecule has 1 aromatic rings. The Morgan fingerprint density at radius 3 is 2.58 bits per heavy atom. The normalized spacial score (nSPS) is 17.1. The van der Waals surface area contributed by atoms with Crippen molar-refractivity contribution in [3.8, 4) is 0 Å². The first kappa shape index (κ1) is 13.5. The van der Waals surface area contributed by atoms with Crippen LogP contribution < -0.4 is 0 Å². The summed E-state index contributed by atoms with van der Waals surface area (Å²) in [4.78, 5) is 16.0. The van der Waals surface area contributed by atoms with Gasteiger partial charge >= 0.3 is 5.97 Å². The van der Waals surface area contributed by atoms with Crippen LogP contribution in [0.2, 0.25) is 0 Å². The van der Waals surface area contributed by atoms with Gasteiger partial charge in [-0.25, -0.2) is 4.79 Å². The van der Waals surface area contributed by atoms with E-state index in [0.717, 1.165) is 11.3 Å². The number of carboxylic acids is 1. The van der Waals surface area contributed by atoms with Gasteiger partial charge in [0.1, 0.15) is 0 Å². The number of rotatable bonds is 3. The molecular formula is C15H18N2O2. The van der Waals surface area contributed by atoms with Crippen molar-refractivity contribution in [1.29, 1.82) is 5.41 Å². The summed E-state index contributed by atoms with van der Waals surface area (Å²) in [6.07, 6.45) is 1.79. The van der Waals surface area contributed by atoms with Gasteiger partial charge in [-0.05, 0) is 18.6 Å². The Balaban J connectivity index is 2.74. The van der Waals surface area contributed by atoms with E-state index in [9.17, 15) is 9.90 Å². The predicted molar refractivity (Wildman–Crippen MR) is 76.4 cm³/mol. The van der Waals surface area contributed by atoms with Crippen molar-refractivity contribution >= 4 is 23.6 Å². The summed E-state index contributed by atoms with van der Waals surface area (Å²) in [6, 6.07) is 3.63. The van der Waals surface area contributed by atoms with Crippen molar-refractivity contribution in [1.82, 2.24) is 0 Å². The van der Waals surface area contributed by atoms with Crippen molar-refractivity contribution < 1.29 is 9.90 Å². The first-order chi connectivity index (χ1) is 8.75. The van der Waals surface area contributed by atoms with Gasteiger partial charge in [-0.1, -0.05) is 26.8 Å². The summed E-state index contributed by atoms with van der Waals surface area (Å²) in [5.41, 5.74) is 2.55. The quantitative estimate of drug-likeness (QED) is 0.814. The molecule has 0 fully saturated rings. The highest BCUT2D eigenvalue weighted by atomic mass is 16.4. The molecule has 100 valence electrons. The van der Waals surface area contributed by atoms with Gasteiger partial charge in [-0.15, -0.1) is 0 Å². The van der Waals surface area contributed by atoms with Gasteiger partial charge in [-0.2, -0.15) is 0 Å². The summed E-state index contributed by atoms with van der Waals surface area (Å²) >= 11 is 0. The number of carboxylic acid groups (broad SMARTS) is 1. The fourth-order valence-corrected chi connectivity index (χ4v) is 2.49. The van der Waals surface area contributed by atoms with Gasteiger partial charge in [0, 0.05) is 28.8 Å². The molecule has 2 rings (SSSR count). The number of hydrogen-bond acceptors (Lipinski definition) is 3. The number of nitrogens with one attached hydrogen (secondary N) is 1. The number of fused-ring (bicyclic) bond motifs is 1. The maximum absolute atomic E-state index is 11.7. The second kappa shape index (κ2) is 4.30. The minimum atomic E-state index is -0.946. The lowest BCUT2D eigenvalue weighted by atomic mass is 9.79. The van der Waals surface area contributed by atoms with Crippen molar-refractivity contribution in [3.05, 3.63) is 28.8 Å². The zero-order valence-corrected chi connectivity index (χ0v) is 11.6. The topological polar surface area (TPSA) is 73.5 Å². The number of nitrogens with zero attached hydrogens (tertiary/aromatic N) is 1. The van der Waals surface area contributed by atoms with Crippen molar-refractivity contribution in [2.75, 3.05) is 0 Å². The Hall–Kier alpha value is -1.97. The van der Waals surface area contributed by atoms with Crippen LogP contribution in [0.25, 0.3) is 0 Å². The van der Waals surface area contributed by atoms with Crippen molar-refractivity contribution in [2.24, 2.45) is 4.99 Å². The Kier molecular flexibility index (Phi) is 3.04. The van der Waals surface area contributed by atoms with E-state index >= 15 is 0 Å². The minimum absolute atomic E-state index is 0.201. The molecular weight excluding hydrogens is 240 g/mol. The molecule has 0 spiro atoms. The third-order valence-electron chi connectivity index (χ3n) is 3.72. The molecule has 0 radical (unpaired) electrons. The molecule has 0 amide bonds. The summed E-state index contributed by atoms with van der Waals surface area (Å²) < 4.78 is 0. The molecule has 1 atom stereocenters. The molecule has 1 heterocycles. The van der Waals surface area contributed by atoms with E-state index in [2.05, 4.69) is 4.99 Å². The lowest BCUT2D eigenvalue weighted by Gasteiger charge is -2.22. The van der Waals surface area contributed by atoms with Crippen LogP contribution in [0.5, 0.6) is 0 Å². The summed E-state index contributed by atoms with van der Waals surface area (Å²) in [7, 11) is 0. The first-order valence-electron chi connectivity index (χ1n) is 6.26. The van der Waals surface area contributed by atoms with E-state index in [-0.39, 0.29) is 11.3 Å². The number of aliphatic imine (C=N–C) groups is 1. The van der Waals surface area contributed by atoms with Gasteiger partial charge < -0.3 is 10.5 Å². The van der Waals surface area contributed by atoms with E-state index in [1.807, 2.05) is 26.8 Å². The molecule has 0 aliphatic carbocycles. The van der Waals surface area contributed by atoms with Crippen LogP contribution in [-0.2, 0) is 5.41 Å². The van der Waals surface area contributed by atoms with Crippen LogP contribution in [0, 0.1) is 5.41 Å². The zero-order valence-electron chi connectivity index (χ0n) is 11.6. The van der Waals surface area contributed by atoms with E-state index < -0.39 is 5.97 Å². The molecule has 0 saturated heterocycles. The molecule has 1 aliphatic heterocycles. The second-order valence-electron chi connectivity index (χ2n) is 5.61. The lowest BCUT2D eigenvalue weighted by Crippen LogP contribution is -2.22. The maximum atomic E-state index is 11.7. The van der Waals surface area contributed by atoms with Gasteiger partial charge in [-0.3, -0.25) is 4.99 Å². The average molecular weight is 258 g/mol. The fraction of sp³-hybridized carbons (Fsp3) is 0.400. The van der Waals surface area contributed by atoms with Crippen LogP contribution in [0.4, 0.5) is 5.69 Å². The molecule has 2 N–H and O–H groups in total. The Labute approximate surface area is 112 Å². The number of carbonyl (C=O) groups is 1. The zero-order chi connectivity index (χ0) is 14.4. The van der Waals surface area contributed by atoms with Crippen LogP contribution in [0.1, 0.15) is 55.1 Å². The molecule has 0 aromatic heterocycles. The molecule has 1 aliphatic rings. The number of benzene rings is 1. The Morgan fingerprint density at radius 1 is 1.42 bits per heavy atom. The van der Waals surface area contributed by atoms with E-state index in [0.29, 0.717) is 16.8 Å². The molecule has 4 nitrogen and oxygen atoms in total. The molecule has 1 unspecified atom stereocenters. The Morgan fingerprint density at radius 2 is 2.05 bits per heavy atom. The SMILES string of the molecule is CC(=N)C(C)c1ccc2c(c1C(=O)O)C(C)(C)C=N2. The molecule has 4 heteroatoms. The fourth-order valence-electron chi connectivity index (χ4n) is 2.49. The number of aromatic carboxylic acids is 1. The molecule has 1 aromatic carbocycles. The van der Waals surface area contributed by atoms with E-state index in [1.165, 1.54) is 0 Å². The maximum Gasteiger partial charge on any atom is 0.336 e. The highest BCUT2D eigenvalue weighted by molar-refractivity contribution is 6.00. The van der Waals surface area contributed by atoms with Crippen LogP contribution in [-0.4, -0.2) is 23.0 Å². The van der Waals surface area contributed by atoms with Crippen LogP contribution in [0.3, 0.4) is 0 Å². The second-order valence-corrected chi connectivity index (χ2v) is 5.61. The van der Waals surface area contributed by atoms with Gasteiger partial charge in [0.25, 0.3) is 0 Å². The highest BCUT2D eigenvalue weighted by Gasteiger charge is 2.34. The summed E-state index contributed by atoms with van der Waals surface area (Å²) in [6.45, 7) is 7.48. The number of hydrogen-bond donors (Lipinski definition) is 2. The van der Waals surface area contributed by atoms with Crippen LogP contribution >= 0.6 is 0 Å². The lowest BCUT2D eigenvalue weighted by molar-refractivity contribution is 0.0693. The van der Waals surface area contributed by atoms with Crippen molar-refractivity contribution in [3.63, 3.8) is 0 Å². The van der Waals surface area contributed by atoms with Gasteiger partial charge in [0.15, 0.2) is 0 Å². The highest BCUT2D eigenvalue weighted by Crippen LogP contribution is 2.41. The molecule has 0 saturated carbocycles. The third kappa shape index (κ3) is 2.07. The molecule has 0 bridgehead atoms. The van der Waals surface area contributed by atoms with Crippen molar-refractivity contribution in [2.45, 2.75) is 39.0 Å². The van der Waals surface area contributed by atoms with E-state index in [4.69, 9.17) is 5.41 Å². The van der Waals surface area contributed by atoms with Gasteiger partial charge in [0.2, 0.25) is 0 Å². The average Bonchev–Trinajstić information content (AvgIpc) is 2.63. The summed E-state index contributed by atoms with van der Waals surface area (Å²) in [5, 5.41) is 17.3.